The quantitative estimate of drug-likeness (QED) is 0.277. The number of nitrogens with zero attached hydrogens (tertiary/aromatic N) is 5. The van der Waals surface area contributed by atoms with Gasteiger partial charge in [-0.15, -0.1) is 0 Å². The van der Waals surface area contributed by atoms with Gasteiger partial charge in [-0.1, -0.05) is 18.9 Å². The largest absolute Gasteiger partial charge is 0.338 e. The van der Waals surface area contributed by atoms with Crippen LogP contribution in [0.2, 0.25) is 0 Å². The summed E-state index contributed by atoms with van der Waals surface area (Å²) in [6.45, 7) is 0. The lowest BCUT2D eigenvalue weighted by Gasteiger charge is -2.11. The summed E-state index contributed by atoms with van der Waals surface area (Å²) in [5.41, 5.74) is 7.93. The summed E-state index contributed by atoms with van der Waals surface area (Å²) in [7, 11) is 0. The predicted molar refractivity (Wildman–Crippen MR) is 146 cm³/mol. The summed E-state index contributed by atoms with van der Waals surface area (Å²) >= 11 is 0. The molecule has 6 aromatic rings. The van der Waals surface area contributed by atoms with Crippen LogP contribution in [0.3, 0.4) is 0 Å². The van der Waals surface area contributed by atoms with Crippen molar-refractivity contribution in [3.05, 3.63) is 73.3 Å². The first-order valence-electron chi connectivity index (χ1n) is 12.7. The molecule has 1 aliphatic rings. The topological polar surface area (TPSA) is 125 Å². The number of hydrogen-bond donors (Lipinski definition) is 3. The average molecular weight is 501 g/mol. The third-order valence-electron chi connectivity index (χ3n) is 7.16. The standard InChI is InChI=1S/C29H24N8O/c38-29(17-5-1-2-6-17)33-19-13-18(15-30-16-19)22-8-9-24-26(34-22)27(37-36-24)25-14-21-20(10-12-32-28(21)35-25)23-7-3-4-11-31-23/h3-4,7-17H,1-2,5-6H2,(H,32,35)(H,33,38)(H,36,37). The van der Waals surface area contributed by atoms with Gasteiger partial charge >= 0.3 is 0 Å². The van der Waals surface area contributed by atoms with Gasteiger partial charge in [-0.3, -0.25) is 19.9 Å². The van der Waals surface area contributed by atoms with E-state index in [1.54, 1.807) is 24.8 Å². The zero-order valence-electron chi connectivity index (χ0n) is 20.5. The van der Waals surface area contributed by atoms with Crippen LogP contribution < -0.4 is 5.32 Å². The molecule has 0 unspecified atom stereocenters. The van der Waals surface area contributed by atoms with Crippen LogP contribution in [0, 0.1) is 5.92 Å². The van der Waals surface area contributed by atoms with E-state index < -0.39 is 0 Å². The molecule has 0 bridgehead atoms. The van der Waals surface area contributed by atoms with Crippen LogP contribution in [0.25, 0.3) is 56.0 Å². The monoisotopic (exact) mass is 500 g/mol. The van der Waals surface area contributed by atoms with Crippen molar-refractivity contribution in [3.8, 4) is 33.9 Å². The van der Waals surface area contributed by atoms with Crippen LogP contribution in [0.5, 0.6) is 0 Å². The Morgan fingerprint density at radius 2 is 1.87 bits per heavy atom. The molecule has 1 aliphatic carbocycles. The SMILES string of the molecule is O=C(Nc1cncc(-c2ccc3[nH]nc(-c4cc5c(-c6ccccn6)ccnc5[nH]4)c3n2)c1)C1CCCC1. The Balaban J connectivity index is 1.25. The van der Waals surface area contributed by atoms with Crippen LogP contribution in [0.4, 0.5) is 5.69 Å². The van der Waals surface area contributed by atoms with Crippen molar-refractivity contribution >= 4 is 33.7 Å². The van der Waals surface area contributed by atoms with E-state index in [2.05, 4.69) is 35.5 Å². The number of carbonyl (C=O) groups excluding carboxylic acids is 1. The highest BCUT2D eigenvalue weighted by atomic mass is 16.1. The van der Waals surface area contributed by atoms with Crippen molar-refractivity contribution in [1.29, 1.82) is 0 Å². The van der Waals surface area contributed by atoms with E-state index in [0.29, 0.717) is 11.4 Å². The van der Waals surface area contributed by atoms with E-state index in [0.717, 1.165) is 76.0 Å². The molecule has 0 aliphatic heterocycles. The maximum absolute atomic E-state index is 12.6. The van der Waals surface area contributed by atoms with Gasteiger partial charge in [-0.05, 0) is 55.3 Å². The molecule has 0 spiro atoms. The smallest absolute Gasteiger partial charge is 0.227 e. The van der Waals surface area contributed by atoms with Crippen molar-refractivity contribution in [2.45, 2.75) is 25.7 Å². The molecular formula is C29H24N8O. The summed E-state index contributed by atoms with van der Waals surface area (Å²) in [4.78, 5) is 34.3. The summed E-state index contributed by atoms with van der Waals surface area (Å²) in [5, 5.41) is 11.6. The number of rotatable bonds is 5. The molecule has 0 radical (unpaired) electrons. The second kappa shape index (κ2) is 9.19. The summed E-state index contributed by atoms with van der Waals surface area (Å²) in [5.74, 6) is 0.157. The van der Waals surface area contributed by atoms with Crippen molar-refractivity contribution in [1.82, 2.24) is 35.1 Å². The Labute approximate surface area is 217 Å². The van der Waals surface area contributed by atoms with Crippen LogP contribution in [0.1, 0.15) is 25.7 Å². The van der Waals surface area contributed by atoms with Gasteiger partial charge in [0.2, 0.25) is 5.91 Å². The number of fused-ring (bicyclic) bond motifs is 2. The molecule has 7 rings (SSSR count). The number of anilines is 1. The number of nitrogens with one attached hydrogen (secondary N) is 3. The van der Waals surface area contributed by atoms with E-state index in [1.807, 2.05) is 48.5 Å². The highest BCUT2D eigenvalue weighted by Crippen LogP contribution is 2.33. The first-order chi connectivity index (χ1) is 18.7. The lowest BCUT2D eigenvalue weighted by molar-refractivity contribution is -0.119. The molecule has 0 aromatic carbocycles. The van der Waals surface area contributed by atoms with Gasteiger partial charge in [-0.25, -0.2) is 9.97 Å². The molecule has 9 heteroatoms. The fourth-order valence-corrected chi connectivity index (χ4v) is 5.23. The van der Waals surface area contributed by atoms with Gasteiger partial charge in [0.25, 0.3) is 0 Å². The molecule has 1 fully saturated rings. The molecule has 6 heterocycles. The normalized spacial score (nSPS) is 13.9. The molecule has 0 saturated heterocycles. The van der Waals surface area contributed by atoms with Gasteiger partial charge in [0.1, 0.15) is 16.9 Å². The molecule has 9 nitrogen and oxygen atoms in total. The fourth-order valence-electron chi connectivity index (χ4n) is 5.23. The number of amides is 1. The van der Waals surface area contributed by atoms with Gasteiger partial charge in [-0.2, -0.15) is 5.10 Å². The molecule has 1 saturated carbocycles. The Bertz CT molecular complexity index is 1780. The highest BCUT2D eigenvalue weighted by molar-refractivity contribution is 5.98. The molecule has 0 atom stereocenters. The number of aromatic amines is 2. The second-order valence-electron chi connectivity index (χ2n) is 9.62. The fraction of sp³-hybridized carbons (Fsp3) is 0.172. The van der Waals surface area contributed by atoms with E-state index in [4.69, 9.17) is 4.98 Å². The molecule has 3 N–H and O–H groups in total. The molecule has 6 aromatic heterocycles. The number of pyridine rings is 4. The van der Waals surface area contributed by atoms with Gasteiger partial charge in [0.15, 0.2) is 0 Å². The van der Waals surface area contributed by atoms with Gasteiger partial charge in [0.05, 0.1) is 34.5 Å². The van der Waals surface area contributed by atoms with Crippen LogP contribution in [-0.2, 0) is 4.79 Å². The summed E-state index contributed by atoms with van der Waals surface area (Å²) in [6.07, 6.45) is 11.1. The van der Waals surface area contributed by atoms with Crippen LogP contribution in [-0.4, -0.2) is 41.0 Å². The third-order valence-corrected chi connectivity index (χ3v) is 7.16. The number of carbonyl (C=O) groups is 1. The van der Waals surface area contributed by atoms with Crippen molar-refractivity contribution in [2.75, 3.05) is 5.32 Å². The summed E-state index contributed by atoms with van der Waals surface area (Å²) < 4.78 is 0. The van der Waals surface area contributed by atoms with E-state index in [9.17, 15) is 4.79 Å². The number of aromatic nitrogens is 7. The highest BCUT2D eigenvalue weighted by Gasteiger charge is 2.23. The molecular weight excluding hydrogens is 476 g/mol. The lowest BCUT2D eigenvalue weighted by Crippen LogP contribution is -2.20. The van der Waals surface area contributed by atoms with Crippen LogP contribution >= 0.6 is 0 Å². The number of hydrogen-bond acceptors (Lipinski definition) is 6. The maximum atomic E-state index is 12.6. The molecule has 1 amide bonds. The molecule has 186 valence electrons. The Morgan fingerprint density at radius 3 is 2.74 bits per heavy atom. The zero-order valence-corrected chi connectivity index (χ0v) is 20.5. The predicted octanol–water partition coefficient (Wildman–Crippen LogP) is 5.75. The first-order valence-corrected chi connectivity index (χ1v) is 12.7. The Morgan fingerprint density at radius 1 is 0.947 bits per heavy atom. The Hall–Kier alpha value is -4.92. The third kappa shape index (κ3) is 3.98. The minimum Gasteiger partial charge on any atom is -0.338 e. The lowest BCUT2D eigenvalue weighted by atomic mass is 10.1. The second-order valence-corrected chi connectivity index (χ2v) is 9.62. The first kappa shape index (κ1) is 22.3. The molecule has 38 heavy (non-hydrogen) atoms. The van der Waals surface area contributed by atoms with Crippen molar-refractivity contribution in [2.24, 2.45) is 5.92 Å². The summed E-state index contributed by atoms with van der Waals surface area (Å²) in [6, 6.07) is 15.7. The minimum atomic E-state index is 0.0690. The average Bonchev–Trinajstić information content (AvgIpc) is 3.73. The zero-order chi connectivity index (χ0) is 25.5. The maximum Gasteiger partial charge on any atom is 0.227 e. The van der Waals surface area contributed by atoms with E-state index in [-0.39, 0.29) is 11.8 Å². The number of H-pyrrole nitrogens is 2. The van der Waals surface area contributed by atoms with E-state index in [1.165, 1.54) is 0 Å². The Kier molecular flexibility index (Phi) is 5.39. The van der Waals surface area contributed by atoms with Crippen LogP contribution in [0.15, 0.2) is 73.3 Å². The minimum absolute atomic E-state index is 0.0690. The van der Waals surface area contributed by atoms with Gasteiger partial charge < -0.3 is 10.3 Å². The van der Waals surface area contributed by atoms with Crippen molar-refractivity contribution < 1.29 is 4.79 Å². The van der Waals surface area contributed by atoms with Crippen molar-refractivity contribution in [3.63, 3.8) is 0 Å². The van der Waals surface area contributed by atoms with E-state index >= 15 is 0 Å². The van der Waals surface area contributed by atoms with Gasteiger partial charge in [0, 0.05) is 41.0 Å².